The fourth-order valence-corrected chi connectivity index (χ4v) is 2.82. The van der Waals surface area contributed by atoms with Crippen molar-refractivity contribution in [3.8, 4) is 11.3 Å². The lowest BCUT2D eigenvalue weighted by Crippen LogP contribution is -2.11. The Morgan fingerprint density at radius 1 is 1.00 bits per heavy atom. The monoisotopic (exact) mass is 431 g/mol. The van der Waals surface area contributed by atoms with Crippen LogP contribution < -0.4 is 5.32 Å². The van der Waals surface area contributed by atoms with Crippen LogP contribution in [-0.4, -0.2) is 18.5 Å². The van der Waals surface area contributed by atoms with Gasteiger partial charge in [0.1, 0.15) is 5.76 Å². The Balaban J connectivity index is 1.69. The Bertz CT molecular complexity index is 1060. The molecule has 1 amide bonds. The van der Waals surface area contributed by atoms with Crippen molar-refractivity contribution in [2.45, 2.75) is 25.9 Å². The van der Waals surface area contributed by atoms with Gasteiger partial charge in [-0.1, -0.05) is 31.5 Å². The third kappa shape index (κ3) is 5.53. The van der Waals surface area contributed by atoms with Gasteiger partial charge in [-0.2, -0.15) is 13.2 Å². The topological polar surface area (TPSA) is 68.5 Å². The van der Waals surface area contributed by atoms with Gasteiger partial charge in [0.25, 0.3) is 5.91 Å². The van der Waals surface area contributed by atoms with E-state index >= 15 is 0 Å². The second kappa shape index (κ2) is 9.51. The molecule has 2 aromatic carbocycles. The van der Waals surface area contributed by atoms with Crippen LogP contribution >= 0.6 is 0 Å². The molecule has 0 spiro atoms. The van der Waals surface area contributed by atoms with Crippen molar-refractivity contribution in [3.05, 3.63) is 77.6 Å². The largest absolute Gasteiger partial charge is 0.462 e. The zero-order valence-corrected chi connectivity index (χ0v) is 16.7. The molecule has 0 fully saturated rings. The van der Waals surface area contributed by atoms with E-state index in [1.54, 1.807) is 0 Å². The summed E-state index contributed by atoms with van der Waals surface area (Å²) < 4.78 is 50.1. The number of benzene rings is 2. The molecule has 0 saturated carbocycles. The van der Waals surface area contributed by atoms with Crippen LogP contribution in [0.2, 0.25) is 0 Å². The van der Waals surface area contributed by atoms with Gasteiger partial charge >= 0.3 is 12.1 Å². The lowest BCUT2D eigenvalue weighted by molar-refractivity contribution is -0.137. The number of nitrogens with one attached hydrogen (secondary N) is 1. The van der Waals surface area contributed by atoms with Crippen LogP contribution in [-0.2, 0) is 10.9 Å². The van der Waals surface area contributed by atoms with Gasteiger partial charge in [0.2, 0.25) is 0 Å². The first-order chi connectivity index (χ1) is 14.8. The van der Waals surface area contributed by atoms with Crippen LogP contribution in [0.4, 0.5) is 18.9 Å². The molecule has 3 aromatic rings. The highest BCUT2D eigenvalue weighted by Crippen LogP contribution is 2.37. The van der Waals surface area contributed by atoms with E-state index in [4.69, 9.17) is 9.15 Å². The first-order valence-corrected chi connectivity index (χ1v) is 9.64. The zero-order chi connectivity index (χ0) is 22.4. The number of esters is 1. The van der Waals surface area contributed by atoms with Crippen molar-refractivity contribution in [2.75, 3.05) is 11.9 Å². The average molecular weight is 431 g/mol. The van der Waals surface area contributed by atoms with Gasteiger partial charge < -0.3 is 14.5 Å². The Morgan fingerprint density at radius 2 is 1.71 bits per heavy atom. The number of anilines is 1. The highest BCUT2D eigenvalue weighted by Gasteiger charge is 2.34. The van der Waals surface area contributed by atoms with Crippen LogP contribution in [0.3, 0.4) is 0 Å². The third-order valence-corrected chi connectivity index (χ3v) is 4.44. The second-order valence-electron chi connectivity index (χ2n) is 6.73. The standard InChI is InChI=1S/C23H20F3NO4/c1-2-3-14-30-22(29)15-8-10-16(11-9-15)27-21(28)20-13-12-19(31-20)17-6-4-5-7-18(17)23(24,25)26/h4-13H,2-3,14H2,1H3,(H,27,28). The predicted octanol–water partition coefficient (Wildman–Crippen LogP) is 6.17. The van der Waals surface area contributed by atoms with E-state index in [2.05, 4.69) is 5.32 Å². The molecule has 0 radical (unpaired) electrons. The molecule has 0 bridgehead atoms. The third-order valence-electron chi connectivity index (χ3n) is 4.44. The number of unbranched alkanes of at least 4 members (excludes halogenated alkanes) is 1. The fraction of sp³-hybridized carbons (Fsp3) is 0.217. The maximum Gasteiger partial charge on any atom is 0.417 e. The normalized spacial score (nSPS) is 11.2. The zero-order valence-electron chi connectivity index (χ0n) is 16.7. The summed E-state index contributed by atoms with van der Waals surface area (Å²) in [5, 5.41) is 2.58. The quantitative estimate of drug-likeness (QED) is 0.359. The molecule has 5 nitrogen and oxygen atoms in total. The summed E-state index contributed by atoms with van der Waals surface area (Å²) >= 11 is 0. The van der Waals surface area contributed by atoms with Crippen molar-refractivity contribution >= 4 is 17.6 Å². The van der Waals surface area contributed by atoms with Crippen LogP contribution in [0, 0.1) is 0 Å². The molecule has 0 atom stereocenters. The molecule has 0 aliphatic rings. The lowest BCUT2D eigenvalue weighted by atomic mass is 10.1. The molecule has 0 aliphatic carbocycles. The Kier molecular flexibility index (Phi) is 6.79. The molecule has 3 rings (SSSR count). The van der Waals surface area contributed by atoms with Crippen molar-refractivity contribution in [1.82, 2.24) is 0 Å². The number of carbonyl (C=O) groups excluding carboxylic acids is 2. The first-order valence-electron chi connectivity index (χ1n) is 9.64. The molecule has 1 aromatic heterocycles. The molecule has 0 aliphatic heterocycles. The molecule has 8 heteroatoms. The van der Waals surface area contributed by atoms with Crippen LogP contribution in [0.5, 0.6) is 0 Å². The summed E-state index contributed by atoms with van der Waals surface area (Å²) in [5.74, 6) is -1.29. The van der Waals surface area contributed by atoms with E-state index in [-0.39, 0.29) is 17.1 Å². The Hall–Kier alpha value is -3.55. The number of furan rings is 1. The predicted molar refractivity (Wildman–Crippen MR) is 109 cm³/mol. The average Bonchev–Trinajstić information content (AvgIpc) is 3.24. The van der Waals surface area contributed by atoms with Gasteiger partial charge in [0.05, 0.1) is 17.7 Å². The minimum absolute atomic E-state index is 0.0664. The summed E-state index contributed by atoms with van der Waals surface area (Å²) in [6.45, 7) is 2.33. The van der Waals surface area contributed by atoms with E-state index in [1.165, 1.54) is 54.6 Å². The fourth-order valence-electron chi connectivity index (χ4n) is 2.82. The second-order valence-corrected chi connectivity index (χ2v) is 6.73. The smallest absolute Gasteiger partial charge is 0.417 e. The summed E-state index contributed by atoms with van der Waals surface area (Å²) in [4.78, 5) is 24.3. The number of amides is 1. The minimum atomic E-state index is -4.55. The minimum Gasteiger partial charge on any atom is -0.462 e. The highest BCUT2D eigenvalue weighted by molar-refractivity contribution is 6.02. The Morgan fingerprint density at radius 3 is 2.39 bits per heavy atom. The van der Waals surface area contributed by atoms with Crippen LogP contribution in [0.25, 0.3) is 11.3 Å². The molecule has 0 unspecified atom stereocenters. The summed E-state index contributed by atoms with van der Waals surface area (Å²) in [6, 6.07) is 13.7. The van der Waals surface area contributed by atoms with Crippen LogP contribution in [0.1, 0.15) is 46.2 Å². The molecule has 162 valence electrons. The molecule has 1 N–H and O–H groups in total. The van der Waals surface area contributed by atoms with E-state index in [9.17, 15) is 22.8 Å². The molecule has 1 heterocycles. The number of ether oxygens (including phenoxy) is 1. The number of carbonyl (C=O) groups is 2. The number of hydrogen-bond donors (Lipinski definition) is 1. The molecule has 31 heavy (non-hydrogen) atoms. The van der Waals surface area contributed by atoms with Gasteiger partial charge in [-0.05, 0) is 48.9 Å². The van der Waals surface area contributed by atoms with E-state index in [1.807, 2.05) is 6.92 Å². The van der Waals surface area contributed by atoms with Gasteiger partial charge in [0.15, 0.2) is 5.76 Å². The lowest BCUT2D eigenvalue weighted by Gasteiger charge is -2.10. The number of hydrogen-bond acceptors (Lipinski definition) is 4. The van der Waals surface area contributed by atoms with Crippen LogP contribution in [0.15, 0.2) is 65.1 Å². The first kappa shape index (κ1) is 22.1. The summed E-state index contributed by atoms with van der Waals surface area (Å²) in [5.41, 5.74) is -0.264. The van der Waals surface area contributed by atoms with Gasteiger partial charge in [-0.25, -0.2) is 4.79 Å². The van der Waals surface area contributed by atoms with Gasteiger partial charge in [-0.3, -0.25) is 4.79 Å². The van der Waals surface area contributed by atoms with Crippen molar-refractivity contribution < 1.29 is 31.9 Å². The van der Waals surface area contributed by atoms with E-state index < -0.39 is 23.6 Å². The molecular weight excluding hydrogens is 411 g/mol. The molecule has 0 saturated heterocycles. The number of halogens is 3. The van der Waals surface area contributed by atoms with Gasteiger partial charge in [0, 0.05) is 11.3 Å². The molecular formula is C23H20F3NO4. The Labute approximate surface area is 176 Å². The SMILES string of the molecule is CCCCOC(=O)c1ccc(NC(=O)c2ccc(-c3ccccc3C(F)(F)F)o2)cc1. The van der Waals surface area contributed by atoms with E-state index in [0.29, 0.717) is 17.9 Å². The van der Waals surface area contributed by atoms with E-state index in [0.717, 1.165) is 18.9 Å². The van der Waals surface area contributed by atoms with Crippen molar-refractivity contribution in [1.29, 1.82) is 0 Å². The van der Waals surface area contributed by atoms with Crippen molar-refractivity contribution in [3.63, 3.8) is 0 Å². The summed E-state index contributed by atoms with van der Waals surface area (Å²) in [7, 11) is 0. The highest BCUT2D eigenvalue weighted by atomic mass is 19.4. The maximum atomic E-state index is 13.2. The number of rotatable bonds is 7. The maximum absolute atomic E-state index is 13.2. The van der Waals surface area contributed by atoms with Gasteiger partial charge in [-0.15, -0.1) is 0 Å². The summed E-state index contributed by atoms with van der Waals surface area (Å²) in [6.07, 6.45) is -2.86. The van der Waals surface area contributed by atoms with Crippen molar-refractivity contribution in [2.24, 2.45) is 0 Å². The number of alkyl halides is 3.